The largest absolute Gasteiger partial charge is 0.469 e. The van der Waals surface area contributed by atoms with Crippen molar-refractivity contribution in [3.05, 3.63) is 32.7 Å². The fourth-order valence-corrected chi connectivity index (χ4v) is 3.01. The van der Waals surface area contributed by atoms with Crippen LogP contribution in [0.15, 0.2) is 21.4 Å². The molecule has 2 rings (SSSR count). The molecular formula is C14H18BrN3O3. The van der Waals surface area contributed by atoms with Crippen molar-refractivity contribution in [2.24, 2.45) is 11.7 Å². The summed E-state index contributed by atoms with van der Waals surface area (Å²) in [6, 6.07) is 3.45. The first-order valence-electron chi connectivity index (χ1n) is 6.64. The van der Waals surface area contributed by atoms with E-state index in [-0.39, 0.29) is 23.6 Å². The minimum Gasteiger partial charge on any atom is -0.469 e. The zero-order valence-corrected chi connectivity index (χ0v) is 13.5. The van der Waals surface area contributed by atoms with Crippen LogP contribution in [0.1, 0.15) is 31.4 Å². The number of hydrogen-bond acceptors (Lipinski definition) is 4. The average Bonchev–Trinajstić information content (AvgIpc) is 2.76. The lowest BCUT2D eigenvalue weighted by Gasteiger charge is -2.18. The summed E-state index contributed by atoms with van der Waals surface area (Å²) >= 11 is 3.47. The molecule has 0 aliphatic heterocycles. The second kappa shape index (κ2) is 6.44. The number of aromatic nitrogens is 2. The average molecular weight is 356 g/mol. The number of fused-ring (bicyclic) bond motifs is 1. The fourth-order valence-electron chi connectivity index (χ4n) is 2.37. The molecule has 0 aliphatic carbocycles. The number of carbonyl (C=O) groups is 1. The number of nitrogens with one attached hydrogen (secondary N) is 2. The van der Waals surface area contributed by atoms with Gasteiger partial charge in [-0.2, -0.15) is 0 Å². The van der Waals surface area contributed by atoms with Gasteiger partial charge < -0.3 is 20.4 Å². The Bertz CT molecular complexity index is 707. The summed E-state index contributed by atoms with van der Waals surface area (Å²) in [5, 5.41) is 0. The molecule has 4 N–H and O–H groups in total. The lowest BCUT2D eigenvalue weighted by molar-refractivity contribution is -0.141. The van der Waals surface area contributed by atoms with E-state index in [2.05, 4.69) is 30.6 Å². The molecule has 0 fully saturated rings. The number of rotatable bonds is 5. The Morgan fingerprint density at radius 3 is 2.62 bits per heavy atom. The summed E-state index contributed by atoms with van der Waals surface area (Å²) in [6.45, 7) is 1.96. The summed E-state index contributed by atoms with van der Waals surface area (Å²) < 4.78 is 5.50. The van der Waals surface area contributed by atoms with Gasteiger partial charge in [0, 0.05) is 16.9 Å². The zero-order valence-electron chi connectivity index (χ0n) is 11.9. The van der Waals surface area contributed by atoms with E-state index in [1.165, 1.54) is 7.11 Å². The van der Waals surface area contributed by atoms with Gasteiger partial charge in [0.2, 0.25) is 0 Å². The highest BCUT2D eigenvalue weighted by Crippen LogP contribution is 2.30. The number of carbonyl (C=O) groups excluding carboxylic acids is 1. The normalized spacial score (nSPS) is 14.1. The van der Waals surface area contributed by atoms with Gasteiger partial charge in [0.25, 0.3) is 0 Å². The fraction of sp³-hybridized carbons (Fsp3) is 0.429. The number of imidazole rings is 1. The maximum atomic E-state index is 11.3. The van der Waals surface area contributed by atoms with Crippen molar-refractivity contribution in [1.29, 1.82) is 0 Å². The van der Waals surface area contributed by atoms with Crippen LogP contribution < -0.4 is 11.4 Å². The molecule has 1 aromatic heterocycles. The van der Waals surface area contributed by atoms with Crippen LogP contribution in [0.2, 0.25) is 0 Å². The topological polar surface area (TPSA) is 101 Å². The van der Waals surface area contributed by atoms with Gasteiger partial charge in [-0.25, -0.2) is 4.79 Å². The summed E-state index contributed by atoms with van der Waals surface area (Å²) in [5.74, 6) is -0.125. The summed E-state index contributed by atoms with van der Waals surface area (Å²) in [5.41, 5.74) is 8.32. The highest BCUT2D eigenvalue weighted by Gasteiger charge is 2.17. The van der Waals surface area contributed by atoms with Crippen LogP contribution in [0, 0.1) is 5.92 Å². The third-order valence-corrected chi connectivity index (χ3v) is 4.12. The van der Waals surface area contributed by atoms with Crippen LogP contribution in [0.3, 0.4) is 0 Å². The van der Waals surface area contributed by atoms with Gasteiger partial charge in [-0.3, -0.25) is 4.79 Å². The van der Waals surface area contributed by atoms with E-state index in [1.54, 1.807) is 0 Å². The van der Waals surface area contributed by atoms with Crippen LogP contribution in [0.5, 0.6) is 0 Å². The molecule has 2 unspecified atom stereocenters. The Morgan fingerprint density at radius 1 is 1.38 bits per heavy atom. The van der Waals surface area contributed by atoms with Gasteiger partial charge in [0.05, 0.1) is 18.1 Å². The number of esters is 1. The number of nitrogens with two attached hydrogens (primary N) is 1. The standard InChI is InChI=1S/C14H18BrN3O3/c1-7(4-13(19)21-2)3-10(16)8-5-11-12(6-9(8)15)18-14(20)17-11/h5-7,10H,3-4,16H2,1-2H3,(H2,17,18,20). The molecule has 7 heteroatoms. The number of benzene rings is 1. The van der Waals surface area contributed by atoms with Crippen LogP contribution >= 0.6 is 15.9 Å². The lowest BCUT2D eigenvalue weighted by Crippen LogP contribution is -2.17. The number of hydrogen-bond donors (Lipinski definition) is 3. The Kier molecular flexibility index (Phi) is 4.84. The lowest BCUT2D eigenvalue weighted by atomic mass is 9.94. The number of aromatic amines is 2. The van der Waals surface area contributed by atoms with Crippen LogP contribution in [0.25, 0.3) is 11.0 Å². The highest BCUT2D eigenvalue weighted by atomic mass is 79.9. The van der Waals surface area contributed by atoms with Gasteiger partial charge in [-0.1, -0.05) is 22.9 Å². The van der Waals surface area contributed by atoms with Crippen molar-refractivity contribution in [3.8, 4) is 0 Å². The molecule has 1 aromatic carbocycles. The van der Waals surface area contributed by atoms with E-state index in [1.807, 2.05) is 19.1 Å². The van der Waals surface area contributed by atoms with Crippen molar-refractivity contribution in [1.82, 2.24) is 9.97 Å². The molecular weight excluding hydrogens is 338 g/mol. The monoisotopic (exact) mass is 355 g/mol. The number of methoxy groups -OCH3 is 1. The molecule has 0 bridgehead atoms. The van der Waals surface area contributed by atoms with Crippen molar-refractivity contribution in [3.63, 3.8) is 0 Å². The predicted molar refractivity (Wildman–Crippen MR) is 84.0 cm³/mol. The molecule has 1 heterocycles. The third-order valence-electron chi connectivity index (χ3n) is 3.43. The first kappa shape index (κ1) is 15.8. The minimum atomic E-state index is -0.248. The van der Waals surface area contributed by atoms with Crippen molar-refractivity contribution >= 4 is 32.9 Å². The van der Waals surface area contributed by atoms with E-state index in [4.69, 9.17) is 5.73 Å². The van der Waals surface area contributed by atoms with E-state index in [0.29, 0.717) is 18.4 Å². The Hall–Kier alpha value is -1.60. The molecule has 2 aromatic rings. The SMILES string of the molecule is COC(=O)CC(C)CC(N)c1cc2[nH]c(=O)[nH]c2cc1Br. The number of H-pyrrole nitrogens is 2. The molecule has 0 amide bonds. The molecule has 0 radical (unpaired) electrons. The van der Waals surface area contributed by atoms with Gasteiger partial charge in [-0.15, -0.1) is 0 Å². The minimum absolute atomic E-state index is 0.111. The smallest absolute Gasteiger partial charge is 0.323 e. The van der Waals surface area contributed by atoms with Gasteiger partial charge in [0.1, 0.15) is 0 Å². The van der Waals surface area contributed by atoms with Crippen LogP contribution in [0.4, 0.5) is 0 Å². The van der Waals surface area contributed by atoms with Crippen molar-refractivity contribution in [2.45, 2.75) is 25.8 Å². The van der Waals surface area contributed by atoms with Gasteiger partial charge in [-0.05, 0) is 30.0 Å². The van der Waals surface area contributed by atoms with E-state index in [0.717, 1.165) is 15.6 Å². The van der Waals surface area contributed by atoms with Gasteiger partial charge in [0.15, 0.2) is 0 Å². The maximum absolute atomic E-state index is 11.3. The third kappa shape index (κ3) is 3.74. The quantitative estimate of drug-likeness (QED) is 0.715. The Morgan fingerprint density at radius 2 is 2.00 bits per heavy atom. The molecule has 0 aliphatic rings. The van der Waals surface area contributed by atoms with E-state index in [9.17, 15) is 9.59 Å². The summed E-state index contributed by atoms with van der Waals surface area (Å²) in [4.78, 5) is 28.0. The number of halogens is 1. The van der Waals surface area contributed by atoms with Crippen molar-refractivity contribution in [2.75, 3.05) is 7.11 Å². The molecule has 0 saturated carbocycles. The predicted octanol–water partition coefficient (Wildman–Crippen LogP) is 2.21. The summed E-state index contributed by atoms with van der Waals surface area (Å²) in [7, 11) is 1.38. The molecule has 0 saturated heterocycles. The first-order valence-corrected chi connectivity index (χ1v) is 7.43. The van der Waals surface area contributed by atoms with Crippen molar-refractivity contribution < 1.29 is 9.53 Å². The van der Waals surface area contributed by atoms with E-state index < -0.39 is 0 Å². The molecule has 2 atom stereocenters. The second-order valence-electron chi connectivity index (χ2n) is 5.23. The van der Waals surface area contributed by atoms with Crippen LogP contribution in [-0.2, 0) is 9.53 Å². The second-order valence-corrected chi connectivity index (χ2v) is 6.08. The first-order chi connectivity index (χ1) is 9.90. The van der Waals surface area contributed by atoms with Gasteiger partial charge >= 0.3 is 11.7 Å². The molecule has 114 valence electrons. The molecule has 0 spiro atoms. The molecule has 6 nitrogen and oxygen atoms in total. The van der Waals surface area contributed by atoms with Crippen LogP contribution in [-0.4, -0.2) is 23.0 Å². The highest BCUT2D eigenvalue weighted by molar-refractivity contribution is 9.10. The number of ether oxygens (including phenoxy) is 1. The Labute approximate surface area is 130 Å². The Balaban J connectivity index is 2.18. The van der Waals surface area contributed by atoms with E-state index >= 15 is 0 Å². The zero-order chi connectivity index (χ0) is 15.6. The summed E-state index contributed by atoms with van der Waals surface area (Å²) in [6.07, 6.45) is 0.985. The molecule has 21 heavy (non-hydrogen) atoms. The maximum Gasteiger partial charge on any atom is 0.323 e.